The molecule has 0 saturated carbocycles. The highest BCUT2D eigenvalue weighted by Gasteiger charge is 2.08. The van der Waals surface area contributed by atoms with Crippen LogP contribution in [0.3, 0.4) is 0 Å². The predicted octanol–water partition coefficient (Wildman–Crippen LogP) is 4.50. The van der Waals surface area contributed by atoms with Gasteiger partial charge in [-0.15, -0.1) is 0 Å². The Balaban J connectivity index is -0.000000124. The summed E-state index contributed by atoms with van der Waals surface area (Å²) in [5, 5.41) is 26.8. The van der Waals surface area contributed by atoms with Crippen LogP contribution in [-0.4, -0.2) is 35.0 Å². The molecule has 0 aliphatic rings. The molecule has 6 N–H and O–H groups in total. The number of nitrogens with one attached hydrogen (secondary N) is 1. The van der Waals surface area contributed by atoms with Crippen molar-refractivity contribution in [2.75, 3.05) is 19.5 Å². The summed E-state index contributed by atoms with van der Waals surface area (Å²) in [6.07, 6.45) is 6.87. The number of methoxy groups -OCH3 is 1. The molecule has 0 fully saturated rings. The van der Waals surface area contributed by atoms with Crippen molar-refractivity contribution in [1.29, 1.82) is 10.7 Å². The fraction of sp³-hybridized carbons (Fsp3) is 0.261. The standard InChI is InChI=1S/C6H8N4.C6H6N2O.C5H4N2O.C3H2N2.C2HClO.CH4N2/c1-4-5(3-7)6(8)10(2)9-4;1-5(9-4)6(7-2)8-3;1-4(8)5(6-2)7-3;1-4-3-5-2;1-2-4-3;2-1-3/h8H2,1-2H3;1,4H3;8H,1H3;3H2;1H;1H,(H3,2,3). The molecule has 0 radical (unpaired) electrons. The number of rotatable bonds is 1. The number of aromatic nitrogens is 2. The summed E-state index contributed by atoms with van der Waals surface area (Å²) in [6.45, 7) is 42.2. The third-order valence-electron chi connectivity index (χ3n) is 2.93. The highest BCUT2D eigenvalue weighted by atomic mass is 35.5. The van der Waals surface area contributed by atoms with E-state index >= 15 is 0 Å². The molecule has 39 heavy (non-hydrogen) atoms. The Morgan fingerprint density at radius 3 is 1.62 bits per heavy atom. The fourth-order valence-electron chi connectivity index (χ4n) is 1.31. The number of ether oxygens (including phenoxy) is 1. The van der Waals surface area contributed by atoms with Gasteiger partial charge in [-0.2, -0.15) is 29.7 Å². The van der Waals surface area contributed by atoms with Crippen molar-refractivity contribution in [3.63, 3.8) is 0 Å². The van der Waals surface area contributed by atoms with Crippen LogP contribution >= 0.6 is 11.9 Å². The number of allylic oxidation sites excluding steroid dienone is 2. The molecule has 0 spiro atoms. The maximum absolute atomic E-state index is 8.53. The molecule has 0 aliphatic carbocycles. The number of aliphatic hydroxyl groups is 1. The molecule has 202 valence electrons. The lowest BCUT2D eigenvalue weighted by atomic mass is 10.3. The molecule has 16 heteroatoms. The Kier molecular flexibility index (Phi) is 34.7. The Labute approximate surface area is 233 Å². The molecular weight excluding hydrogens is 528 g/mol. The number of nitrogens with zero attached hydrogens (tertiary/aromatic N) is 9. The van der Waals surface area contributed by atoms with E-state index in [0.29, 0.717) is 22.8 Å². The van der Waals surface area contributed by atoms with Crippen LogP contribution in [-0.2, 0) is 16.1 Å². The summed E-state index contributed by atoms with van der Waals surface area (Å²) in [4.78, 5) is 16.8. The van der Waals surface area contributed by atoms with E-state index in [1.54, 1.807) is 27.0 Å². The minimum atomic E-state index is -0.259. The third-order valence-corrected chi connectivity index (χ3v) is 3.02. The lowest BCUT2D eigenvalue weighted by Gasteiger charge is -1.89. The molecule has 0 bridgehead atoms. The van der Waals surface area contributed by atoms with Crippen molar-refractivity contribution in [3.8, 4) is 18.6 Å². The Morgan fingerprint density at radius 1 is 1.15 bits per heavy atom. The molecule has 1 rings (SSSR count). The molecule has 15 nitrogen and oxygen atoms in total. The van der Waals surface area contributed by atoms with Gasteiger partial charge in [-0.05, 0) is 20.8 Å². The monoisotopic (exact) mass is 552 g/mol. The van der Waals surface area contributed by atoms with Gasteiger partial charge in [0.1, 0.15) is 61.7 Å². The van der Waals surface area contributed by atoms with Crippen LogP contribution < -0.4 is 11.5 Å². The van der Waals surface area contributed by atoms with E-state index in [1.165, 1.54) is 18.7 Å². The van der Waals surface area contributed by atoms with Gasteiger partial charge in [0.15, 0.2) is 11.5 Å². The molecule has 1 aromatic heterocycles. The number of nitriles is 1. The van der Waals surface area contributed by atoms with Gasteiger partial charge in [-0.3, -0.25) is 10.1 Å². The number of aryl methyl sites for hydroxylation is 2. The third kappa shape index (κ3) is 26.1. The summed E-state index contributed by atoms with van der Waals surface area (Å²) in [6, 6.07) is 1.98. The van der Waals surface area contributed by atoms with Crippen LogP contribution in [0.15, 0.2) is 23.2 Å². The first kappa shape index (κ1) is 42.8. The maximum atomic E-state index is 8.53. The Hall–Kier alpha value is -6.36. The average molecular weight is 553 g/mol. The van der Waals surface area contributed by atoms with Crippen molar-refractivity contribution in [2.45, 2.75) is 20.8 Å². The summed E-state index contributed by atoms with van der Waals surface area (Å²) >= 11 is 4.45. The number of aliphatic hydroxyl groups excluding tert-OH is 1. The second kappa shape index (κ2) is 31.6. The summed E-state index contributed by atoms with van der Waals surface area (Å²) < 4.78 is 9.68. The minimum Gasteiger partial charge on any atom is -0.516 e. The molecule has 0 unspecified atom stereocenters. The maximum Gasteiger partial charge on any atom is 0.557 e. The van der Waals surface area contributed by atoms with Crippen LogP contribution in [0.4, 0.5) is 5.82 Å². The largest absolute Gasteiger partial charge is 0.557 e. The first-order chi connectivity index (χ1) is 18.4. The average Bonchev–Trinajstić information content (AvgIpc) is 3.17. The van der Waals surface area contributed by atoms with E-state index in [0.717, 1.165) is 6.34 Å². The quantitative estimate of drug-likeness (QED) is 0.130. The van der Waals surface area contributed by atoms with E-state index in [4.69, 9.17) is 60.9 Å². The first-order valence-electron chi connectivity index (χ1n) is 9.33. The number of terminal acetylenes is 1. The molecule has 1 heterocycles. The van der Waals surface area contributed by atoms with Crippen molar-refractivity contribution in [2.24, 2.45) is 12.8 Å². The van der Waals surface area contributed by atoms with Crippen molar-refractivity contribution >= 4 is 24.0 Å². The number of nitrogens with two attached hydrogens (primary N) is 2. The number of anilines is 1. The minimum absolute atomic E-state index is 0.00231. The first-order valence-corrected chi connectivity index (χ1v) is 9.64. The van der Waals surface area contributed by atoms with Crippen molar-refractivity contribution in [3.05, 3.63) is 103 Å². The van der Waals surface area contributed by atoms with Gasteiger partial charge in [0, 0.05) is 7.05 Å². The van der Waals surface area contributed by atoms with E-state index in [1.807, 2.05) is 6.07 Å². The predicted molar refractivity (Wildman–Crippen MR) is 145 cm³/mol. The number of nitrogen functional groups attached to an aromatic ring is 1. The second-order valence-electron chi connectivity index (χ2n) is 5.34. The van der Waals surface area contributed by atoms with Crippen LogP contribution in [0.25, 0.3) is 29.1 Å². The van der Waals surface area contributed by atoms with E-state index in [2.05, 4.69) is 67.2 Å². The molecule has 0 amide bonds. The van der Waals surface area contributed by atoms with Crippen molar-refractivity contribution in [1.82, 2.24) is 9.78 Å². The van der Waals surface area contributed by atoms with Crippen LogP contribution in [0, 0.1) is 75.6 Å². The zero-order valence-corrected chi connectivity index (χ0v) is 22.4. The SMILES string of the molecule is C#COCl.Cc1nn(C)c(N)c1C#N.N=CN.[C-]#[N+]C([N+]#[C-])=C(C)O.[C-]#[N+]C([N+]#[C-])=C(C)OC.[C-]#[N+]C[N+]#[C-]. The molecule has 1 aromatic rings. The van der Waals surface area contributed by atoms with Gasteiger partial charge in [0.05, 0.1) is 19.1 Å². The topological polar surface area (TPSA) is 182 Å². The zero-order chi connectivity index (χ0) is 31.8. The summed E-state index contributed by atoms with van der Waals surface area (Å²) in [7, 11) is 3.15. The number of halogens is 1. The van der Waals surface area contributed by atoms with E-state index in [-0.39, 0.29) is 24.1 Å². The van der Waals surface area contributed by atoms with Gasteiger partial charge in [0.25, 0.3) is 0 Å². The molecule has 0 saturated heterocycles. The van der Waals surface area contributed by atoms with Gasteiger partial charge in [-0.25, -0.2) is 22.8 Å². The molecule has 0 aromatic carbocycles. The van der Waals surface area contributed by atoms with Crippen LogP contribution in [0.1, 0.15) is 25.1 Å². The second-order valence-corrected chi connectivity index (χ2v) is 5.49. The highest BCUT2D eigenvalue weighted by molar-refractivity contribution is 6.08. The lowest BCUT2D eigenvalue weighted by molar-refractivity contribution is 0.291. The van der Waals surface area contributed by atoms with Crippen LogP contribution in [0.2, 0.25) is 0 Å². The van der Waals surface area contributed by atoms with Gasteiger partial charge >= 0.3 is 18.3 Å². The molecular formula is C23H25ClN12O3. The number of hydrogen-bond acceptors (Lipinski definition) is 7. The summed E-state index contributed by atoms with van der Waals surface area (Å²) in [5.74, 6) is 0.331. The Morgan fingerprint density at radius 2 is 1.54 bits per heavy atom. The molecule has 0 aliphatic heterocycles. The number of hydrogen-bond donors (Lipinski definition) is 4. The van der Waals surface area contributed by atoms with Crippen LogP contribution in [0.5, 0.6) is 0 Å². The highest BCUT2D eigenvalue weighted by Crippen LogP contribution is 2.12. The van der Waals surface area contributed by atoms with Crippen molar-refractivity contribution < 1.29 is 14.1 Å². The zero-order valence-electron chi connectivity index (χ0n) is 21.7. The van der Waals surface area contributed by atoms with Gasteiger partial charge < -0.3 is 25.6 Å². The van der Waals surface area contributed by atoms with E-state index in [9.17, 15) is 0 Å². The lowest BCUT2D eigenvalue weighted by Crippen LogP contribution is -1.97. The smallest absolute Gasteiger partial charge is 0.516 e. The molecule has 0 atom stereocenters. The van der Waals surface area contributed by atoms with Gasteiger partial charge in [-0.1, -0.05) is 6.42 Å². The fourth-order valence-corrected chi connectivity index (χ4v) is 1.31. The van der Waals surface area contributed by atoms with Gasteiger partial charge in [0.2, 0.25) is 0 Å². The van der Waals surface area contributed by atoms with E-state index < -0.39 is 0 Å². The normalized spacial score (nSPS) is 6.51. The Bertz CT molecular complexity index is 1240. The summed E-state index contributed by atoms with van der Waals surface area (Å²) in [5.41, 5.74) is 11.0.